The van der Waals surface area contributed by atoms with Crippen LogP contribution in [0.1, 0.15) is 6.42 Å². The Morgan fingerprint density at radius 2 is 1.47 bits per heavy atom. The van der Waals surface area contributed by atoms with Crippen molar-refractivity contribution in [3.05, 3.63) is 25.3 Å². The third kappa shape index (κ3) is 9.45. The van der Waals surface area contributed by atoms with E-state index < -0.39 is 0 Å². The summed E-state index contributed by atoms with van der Waals surface area (Å²) < 4.78 is 6.82. The van der Waals surface area contributed by atoms with Gasteiger partial charge in [-0.2, -0.15) is 0 Å². The van der Waals surface area contributed by atoms with Crippen molar-refractivity contribution in [2.24, 2.45) is 0 Å². The van der Waals surface area contributed by atoms with Gasteiger partial charge >= 0.3 is 5.97 Å². The van der Waals surface area contributed by atoms with Gasteiger partial charge in [0.1, 0.15) is 13.2 Å². The fraction of sp³-hybridized carbons (Fsp3) is 0.667. The molecule has 0 amide bonds. The summed E-state index contributed by atoms with van der Waals surface area (Å²) in [7, 11) is 8.36. The molecule has 0 N–H and O–H groups in total. The molecule has 0 aromatic heterocycles. The van der Waals surface area contributed by atoms with Gasteiger partial charge in [0.2, 0.25) is 0 Å². The van der Waals surface area contributed by atoms with Crippen molar-refractivity contribution >= 4 is 5.97 Å². The quantitative estimate of drug-likeness (QED) is 0.341. The highest BCUT2D eigenvalue weighted by Gasteiger charge is 2.17. The zero-order valence-corrected chi connectivity index (χ0v) is 13.0. The lowest BCUT2D eigenvalue weighted by Gasteiger charge is -2.29. The molecular formula is C15H30N2O2+2. The van der Waals surface area contributed by atoms with Gasteiger partial charge in [-0.1, -0.05) is 13.2 Å². The maximum atomic E-state index is 11.7. The van der Waals surface area contributed by atoms with E-state index >= 15 is 0 Å². The van der Waals surface area contributed by atoms with Crippen LogP contribution in [0.4, 0.5) is 0 Å². The zero-order chi connectivity index (χ0) is 14.9. The van der Waals surface area contributed by atoms with Crippen LogP contribution in [0.15, 0.2) is 25.3 Å². The van der Waals surface area contributed by atoms with E-state index in [0.717, 1.165) is 35.1 Å². The molecule has 0 saturated heterocycles. The van der Waals surface area contributed by atoms with Crippen molar-refractivity contribution in [3.8, 4) is 0 Å². The van der Waals surface area contributed by atoms with Crippen LogP contribution in [0.25, 0.3) is 0 Å². The van der Waals surface area contributed by atoms with Crippen LogP contribution in [-0.4, -0.2) is 75.9 Å². The minimum atomic E-state index is -0.117. The number of esters is 1. The predicted molar refractivity (Wildman–Crippen MR) is 79.7 cm³/mol. The van der Waals surface area contributed by atoms with Crippen LogP contribution in [-0.2, 0) is 9.53 Å². The average Bonchev–Trinajstić information content (AvgIpc) is 2.26. The van der Waals surface area contributed by atoms with Crippen molar-refractivity contribution in [1.82, 2.24) is 0 Å². The highest BCUT2D eigenvalue weighted by atomic mass is 16.5. The maximum absolute atomic E-state index is 11.7. The summed E-state index contributed by atoms with van der Waals surface area (Å²) in [6.45, 7) is 11.2. The first-order valence-corrected chi connectivity index (χ1v) is 6.74. The van der Waals surface area contributed by atoms with Crippen LogP contribution in [0.3, 0.4) is 0 Å². The Balaban J connectivity index is 3.88. The second kappa shape index (κ2) is 8.12. The summed E-state index contributed by atoms with van der Waals surface area (Å²) in [5, 5.41) is 0. The van der Waals surface area contributed by atoms with Crippen molar-refractivity contribution < 1.29 is 18.5 Å². The monoisotopic (exact) mass is 270 g/mol. The molecule has 110 valence electrons. The minimum absolute atomic E-state index is 0.117. The molecule has 0 atom stereocenters. The maximum Gasteiger partial charge on any atom is 0.311 e. The topological polar surface area (TPSA) is 26.3 Å². The summed E-state index contributed by atoms with van der Waals surface area (Å²) in [6.07, 6.45) is 4.22. The molecule has 0 radical (unpaired) electrons. The number of hydrogen-bond donors (Lipinski definition) is 0. The first-order chi connectivity index (χ1) is 8.72. The number of quaternary nitrogens is 2. The van der Waals surface area contributed by atoms with Crippen molar-refractivity contribution in [2.75, 3.05) is 61.0 Å². The first-order valence-electron chi connectivity index (χ1n) is 6.74. The van der Waals surface area contributed by atoms with Crippen molar-refractivity contribution in [1.29, 1.82) is 0 Å². The molecule has 0 aliphatic rings. The van der Waals surface area contributed by atoms with Crippen molar-refractivity contribution in [3.63, 3.8) is 0 Å². The largest absolute Gasteiger partial charge is 0.460 e. The lowest BCUT2D eigenvalue weighted by molar-refractivity contribution is -0.885. The Kier molecular flexibility index (Phi) is 7.64. The van der Waals surface area contributed by atoms with Gasteiger partial charge in [0.25, 0.3) is 0 Å². The van der Waals surface area contributed by atoms with Crippen LogP contribution < -0.4 is 0 Å². The van der Waals surface area contributed by atoms with Crippen LogP contribution in [0.2, 0.25) is 0 Å². The number of carbonyl (C=O) groups excluding carboxylic acids is 1. The molecule has 0 bridgehead atoms. The Bertz CT molecular complexity index is 309. The van der Waals surface area contributed by atoms with E-state index in [1.807, 2.05) is 12.2 Å². The van der Waals surface area contributed by atoms with Gasteiger partial charge in [0, 0.05) is 0 Å². The molecule has 0 aromatic carbocycles. The molecular weight excluding hydrogens is 240 g/mol. The molecule has 0 aliphatic carbocycles. The van der Waals surface area contributed by atoms with Crippen LogP contribution in [0.5, 0.6) is 0 Å². The van der Waals surface area contributed by atoms with E-state index in [-0.39, 0.29) is 5.97 Å². The second-order valence-electron chi connectivity index (χ2n) is 6.23. The first kappa shape index (κ1) is 17.9. The van der Waals surface area contributed by atoms with Crippen molar-refractivity contribution in [2.45, 2.75) is 6.42 Å². The summed E-state index contributed by atoms with van der Waals surface area (Å²) in [5.41, 5.74) is 0. The molecule has 0 spiro atoms. The molecule has 0 fully saturated rings. The standard InChI is InChI=1S/C15H30N2O2/c1-7-10-16(3,4)12-9-15(18)19-14-13-17(5,6)11-8-2/h7-8H,1-2,9-14H2,3-6H3/q+2. The van der Waals surface area contributed by atoms with E-state index in [4.69, 9.17) is 4.74 Å². The molecule has 4 nitrogen and oxygen atoms in total. The molecule has 0 heterocycles. The Morgan fingerprint density at radius 1 is 1.00 bits per heavy atom. The van der Waals surface area contributed by atoms with Gasteiger partial charge in [-0.15, -0.1) is 0 Å². The van der Waals surface area contributed by atoms with Gasteiger partial charge in [0.05, 0.1) is 54.2 Å². The van der Waals surface area contributed by atoms with Crippen LogP contribution in [0, 0.1) is 0 Å². The van der Waals surface area contributed by atoms with Gasteiger partial charge in [-0.25, -0.2) is 0 Å². The molecule has 0 aliphatic heterocycles. The van der Waals surface area contributed by atoms with E-state index in [0.29, 0.717) is 13.0 Å². The normalized spacial score (nSPS) is 12.0. The van der Waals surface area contributed by atoms with E-state index in [2.05, 4.69) is 41.3 Å². The lowest BCUT2D eigenvalue weighted by atomic mass is 10.3. The second-order valence-corrected chi connectivity index (χ2v) is 6.23. The molecule has 4 heteroatoms. The van der Waals surface area contributed by atoms with Crippen LogP contribution >= 0.6 is 0 Å². The number of rotatable bonds is 10. The summed E-state index contributed by atoms with van der Waals surface area (Å²) in [5.74, 6) is -0.117. The number of likely N-dealkylation sites (N-methyl/N-ethyl adjacent to an activating group) is 2. The number of ether oxygens (including phenoxy) is 1. The summed E-state index contributed by atoms with van der Waals surface area (Å²) in [6, 6.07) is 0. The lowest BCUT2D eigenvalue weighted by Crippen LogP contribution is -2.43. The smallest absolute Gasteiger partial charge is 0.311 e. The van der Waals surface area contributed by atoms with Gasteiger partial charge in [0.15, 0.2) is 0 Å². The van der Waals surface area contributed by atoms with Gasteiger partial charge in [-0.05, 0) is 12.2 Å². The molecule has 0 saturated carbocycles. The molecule has 0 unspecified atom stereocenters. The third-order valence-corrected chi connectivity index (χ3v) is 3.13. The highest BCUT2D eigenvalue weighted by molar-refractivity contribution is 5.69. The Labute approximate surface area is 118 Å². The fourth-order valence-corrected chi connectivity index (χ4v) is 1.75. The zero-order valence-electron chi connectivity index (χ0n) is 13.0. The Hall–Kier alpha value is -1.13. The minimum Gasteiger partial charge on any atom is -0.460 e. The van der Waals surface area contributed by atoms with Gasteiger partial charge in [-0.3, -0.25) is 4.79 Å². The summed E-state index contributed by atoms with van der Waals surface area (Å²) in [4.78, 5) is 11.7. The molecule has 0 aromatic rings. The molecule has 19 heavy (non-hydrogen) atoms. The molecule has 0 rings (SSSR count). The fourth-order valence-electron chi connectivity index (χ4n) is 1.75. The van der Waals surface area contributed by atoms with Gasteiger partial charge < -0.3 is 13.7 Å². The van der Waals surface area contributed by atoms with E-state index in [1.165, 1.54) is 0 Å². The summed E-state index contributed by atoms with van der Waals surface area (Å²) >= 11 is 0. The number of carbonyl (C=O) groups is 1. The Morgan fingerprint density at radius 3 is 1.95 bits per heavy atom. The van der Waals surface area contributed by atoms with E-state index in [9.17, 15) is 4.79 Å². The van der Waals surface area contributed by atoms with E-state index in [1.54, 1.807) is 0 Å². The highest BCUT2D eigenvalue weighted by Crippen LogP contribution is 2.02. The third-order valence-electron chi connectivity index (χ3n) is 3.13. The SMILES string of the molecule is C=CC[N+](C)(C)CCOC(=O)CC[N+](C)(C)CC=C. The average molecular weight is 270 g/mol. The number of nitrogens with zero attached hydrogens (tertiary/aromatic N) is 2. The number of hydrogen-bond acceptors (Lipinski definition) is 2. The predicted octanol–water partition coefficient (Wildman–Crippen LogP) is 1.44.